The zero-order chi connectivity index (χ0) is 14.9. The molecule has 3 rings (SSSR count). The fourth-order valence-electron chi connectivity index (χ4n) is 3.08. The summed E-state index contributed by atoms with van der Waals surface area (Å²) in [7, 11) is 0. The first-order chi connectivity index (χ1) is 10.1. The highest BCUT2D eigenvalue weighted by Gasteiger charge is 2.44. The Morgan fingerprint density at radius 1 is 1.14 bits per heavy atom. The van der Waals surface area contributed by atoms with Gasteiger partial charge in [-0.1, -0.05) is 52.7 Å². The van der Waals surface area contributed by atoms with Crippen molar-refractivity contribution in [3.05, 3.63) is 69.9 Å². The average Bonchev–Trinajstić information content (AvgIpc) is 2.37. The van der Waals surface area contributed by atoms with Crippen LogP contribution in [0.15, 0.2) is 53.0 Å². The average molecular weight is 347 g/mol. The summed E-state index contributed by atoms with van der Waals surface area (Å²) in [6.45, 7) is 0. The van der Waals surface area contributed by atoms with Crippen LogP contribution in [0.25, 0.3) is 0 Å². The Morgan fingerprint density at radius 3 is 2.43 bits per heavy atom. The van der Waals surface area contributed by atoms with Gasteiger partial charge in [-0.2, -0.15) is 0 Å². The van der Waals surface area contributed by atoms with Gasteiger partial charge in [0.2, 0.25) is 0 Å². The van der Waals surface area contributed by atoms with Gasteiger partial charge in [0.15, 0.2) is 0 Å². The number of Topliss-reactive ketones (excluding diaryl/α,β-unsaturated/α-hetero) is 1. The summed E-state index contributed by atoms with van der Waals surface area (Å²) in [5.74, 6) is -0.119. The van der Waals surface area contributed by atoms with Gasteiger partial charge in [0, 0.05) is 10.9 Å². The Balaban J connectivity index is 1.87. The normalized spacial score (nSPS) is 16.3. The summed E-state index contributed by atoms with van der Waals surface area (Å²) in [4.78, 5) is 12.8. The molecule has 0 saturated heterocycles. The highest BCUT2D eigenvalue weighted by Crippen LogP contribution is 2.45. The van der Waals surface area contributed by atoms with E-state index in [-0.39, 0.29) is 23.4 Å². The van der Waals surface area contributed by atoms with E-state index in [0.29, 0.717) is 4.47 Å². The van der Waals surface area contributed by atoms with Crippen molar-refractivity contribution in [3.8, 4) is 0 Å². The van der Waals surface area contributed by atoms with E-state index in [0.717, 1.165) is 30.4 Å². The van der Waals surface area contributed by atoms with Gasteiger partial charge in [-0.05, 0) is 42.2 Å². The first-order valence-corrected chi connectivity index (χ1v) is 7.93. The molecule has 0 spiro atoms. The third-order valence-electron chi connectivity index (χ3n) is 4.35. The van der Waals surface area contributed by atoms with Gasteiger partial charge in [-0.25, -0.2) is 4.39 Å². The number of hydrogen-bond donors (Lipinski definition) is 0. The SMILES string of the molecule is O=C(Cc1cc(F)cc(Br)c1)C1(c2ccccc2)CCC1. The Morgan fingerprint density at radius 2 is 1.86 bits per heavy atom. The van der Waals surface area contributed by atoms with Crippen LogP contribution >= 0.6 is 15.9 Å². The lowest BCUT2D eigenvalue weighted by Crippen LogP contribution is -2.43. The van der Waals surface area contributed by atoms with Crippen LogP contribution in [0.5, 0.6) is 0 Å². The van der Waals surface area contributed by atoms with Crippen molar-refractivity contribution in [1.29, 1.82) is 0 Å². The smallest absolute Gasteiger partial charge is 0.147 e. The Labute approximate surface area is 132 Å². The third-order valence-corrected chi connectivity index (χ3v) is 4.81. The second kappa shape index (κ2) is 5.72. The summed E-state index contributed by atoms with van der Waals surface area (Å²) in [6.07, 6.45) is 3.15. The minimum absolute atomic E-state index is 0.192. The number of carbonyl (C=O) groups excluding carboxylic acids is 1. The zero-order valence-electron chi connectivity index (χ0n) is 11.6. The van der Waals surface area contributed by atoms with Crippen molar-refractivity contribution < 1.29 is 9.18 Å². The van der Waals surface area contributed by atoms with Crippen LogP contribution in [0, 0.1) is 5.82 Å². The second-order valence-corrected chi connectivity index (χ2v) is 6.60. The molecule has 0 N–H and O–H groups in total. The maximum Gasteiger partial charge on any atom is 0.147 e. The monoisotopic (exact) mass is 346 g/mol. The molecule has 0 radical (unpaired) electrons. The zero-order valence-corrected chi connectivity index (χ0v) is 13.2. The van der Waals surface area contributed by atoms with E-state index in [1.54, 1.807) is 0 Å². The molecule has 108 valence electrons. The molecule has 1 aliphatic carbocycles. The molecule has 0 unspecified atom stereocenters. The standard InChI is InChI=1S/C18H16BrFO/c19-15-9-13(10-16(20)12-15)11-17(21)18(7-4-8-18)14-5-2-1-3-6-14/h1-3,5-6,9-10,12H,4,7-8,11H2. The minimum Gasteiger partial charge on any atom is -0.298 e. The van der Waals surface area contributed by atoms with Gasteiger partial charge in [0.1, 0.15) is 11.6 Å². The third kappa shape index (κ3) is 2.80. The van der Waals surface area contributed by atoms with Crippen LogP contribution in [0.4, 0.5) is 4.39 Å². The van der Waals surface area contributed by atoms with Crippen molar-refractivity contribution in [1.82, 2.24) is 0 Å². The van der Waals surface area contributed by atoms with Gasteiger partial charge in [-0.3, -0.25) is 4.79 Å². The predicted octanol–water partition coefficient (Wildman–Crippen LogP) is 4.82. The summed E-state index contributed by atoms with van der Waals surface area (Å²) < 4.78 is 14.1. The van der Waals surface area contributed by atoms with Crippen molar-refractivity contribution in [3.63, 3.8) is 0 Å². The Hall–Kier alpha value is -1.48. The Bertz CT molecular complexity index is 642. The van der Waals surface area contributed by atoms with E-state index >= 15 is 0 Å². The molecule has 0 aliphatic heterocycles. The topological polar surface area (TPSA) is 17.1 Å². The van der Waals surface area contributed by atoms with Crippen LogP contribution in [0.1, 0.15) is 30.4 Å². The molecule has 0 atom stereocenters. The van der Waals surface area contributed by atoms with E-state index in [9.17, 15) is 9.18 Å². The number of carbonyl (C=O) groups is 1. The summed E-state index contributed by atoms with van der Waals surface area (Å²) >= 11 is 3.28. The summed E-state index contributed by atoms with van der Waals surface area (Å²) in [5.41, 5.74) is 1.46. The highest BCUT2D eigenvalue weighted by molar-refractivity contribution is 9.10. The van der Waals surface area contributed by atoms with Crippen LogP contribution in [0.2, 0.25) is 0 Å². The van der Waals surface area contributed by atoms with E-state index in [2.05, 4.69) is 15.9 Å². The highest BCUT2D eigenvalue weighted by atomic mass is 79.9. The number of benzene rings is 2. The van der Waals surface area contributed by atoms with Gasteiger partial charge >= 0.3 is 0 Å². The molecular weight excluding hydrogens is 331 g/mol. The molecule has 3 heteroatoms. The fraction of sp³-hybridized carbons (Fsp3) is 0.278. The van der Waals surface area contributed by atoms with E-state index < -0.39 is 0 Å². The van der Waals surface area contributed by atoms with Crippen LogP contribution < -0.4 is 0 Å². The molecule has 0 bridgehead atoms. The van der Waals surface area contributed by atoms with Crippen molar-refractivity contribution in [2.24, 2.45) is 0 Å². The van der Waals surface area contributed by atoms with Gasteiger partial charge in [-0.15, -0.1) is 0 Å². The quantitative estimate of drug-likeness (QED) is 0.775. The molecule has 1 nitrogen and oxygen atoms in total. The molecule has 0 amide bonds. The molecule has 1 aliphatic rings. The number of hydrogen-bond acceptors (Lipinski definition) is 1. The second-order valence-electron chi connectivity index (χ2n) is 5.68. The van der Waals surface area contributed by atoms with Crippen molar-refractivity contribution in [2.45, 2.75) is 31.1 Å². The molecule has 1 fully saturated rings. The molecule has 0 aromatic heterocycles. The lowest BCUT2D eigenvalue weighted by molar-refractivity contribution is -0.127. The largest absolute Gasteiger partial charge is 0.298 e. The first kappa shape index (κ1) is 14.5. The van der Waals surface area contributed by atoms with E-state index in [1.165, 1.54) is 12.1 Å². The fourth-order valence-corrected chi connectivity index (χ4v) is 3.60. The van der Waals surface area contributed by atoms with Crippen molar-refractivity contribution >= 4 is 21.7 Å². The van der Waals surface area contributed by atoms with Crippen LogP contribution in [-0.4, -0.2) is 5.78 Å². The predicted molar refractivity (Wildman–Crippen MR) is 84.8 cm³/mol. The maximum absolute atomic E-state index is 13.5. The van der Waals surface area contributed by atoms with Gasteiger partial charge in [0.05, 0.1) is 5.41 Å². The first-order valence-electron chi connectivity index (χ1n) is 7.14. The van der Waals surface area contributed by atoms with E-state index in [1.807, 2.05) is 36.4 Å². The van der Waals surface area contributed by atoms with Crippen LogP contribution in [0.3, 0.4) is 0 Å². The molecular formula is C18H16BrFO. The van der Waals surface area contributed by atoms with Gasteiger partial charge < -0.3 is 0 Å². The maximum atomic E-state index is 13.5. The molecule has 2 aromatic rings. The number of ketones is 1. The molecule has 0 heterocycles. The molecule has 21 heavy (non-hydrogen) atoms. The molecule has 2 aromatic carbocycles. The lowest BCUT2D eigenvalue weighted by atomic mass is 9.61. The minimum atomic E-state index is -0.361. The Kier molecular flexibility index (Phi) is 3.94. The van der Waals surface area contributed by atoms with Gasteiger partial charge in [0.25, 0.3) is 0 Å². The van der Waals surface area contributed by atoms with Crippen LogP contribution in [-0.2, 0) is 16.6 Å². The summed E-state index contributed by atoms with van der Waals surface area (Å²) in [5, 5.41) is 0. The van der Waals surface area contributed by atoms with Crippen molar-refractivity contribution in [2.75, 3.05) is 0 Å². The lowest BCUT2D eigenvalue weighted by Gasteiger charge is -2.41. The van der Waals surface area contributed by atoms with E-state index in [4.69, 9.17) is 0 Å². The molecule has 1 saturated carbocycles. The number of halogens is 2. The summed E-state index contributed by atoms with van der Waals surface area (Å²) in [6, 6.07) is 14.6. The number of rotatable bonds is 4.